The molecule has 1 aliphatic heterocycles. The van der Waals surface area contributed by atoms with Gasteiger partial charge in [-0.05, 0) is 61.4 Å². The molecule has 23 heavy (non-hydrogen) atoms. The third-order valence-corrected chi connectivity index (χ3v) is 4.63. The minimum absolute atomic E-state index is 0.0854. The number of rotatable bonds is 3. The van der Waals surface area contributed by atoms with E-state index in [1.54, 1.807) is 11.2 Å². The van der Waals surface area contributed by atoms with Crippen molar-refractivity contribution in [1.82, 2.24) is 0 Å². The molecule has 2 aromatic rings. The molecule has 2 heterocycles. The fourth-order valence-electron chi connectivity index (χ4n) is 2.30. The second kappa shape index (κ2) is 6.56. The van der Waals surface area contributed by atoms with Gasteiger partial charge in [0, 0.05) is 0 Å². The minimum Gasteiger partial charge on any atom is -0.465 e. The number of carbonyl (C=O) groups is 1. The van der Waals surface area contributed by atoms with Crippen LogP contribution < -0.4 is 4.90 Å². The van der Waals surface area contributed by atoms with Crippen LogP contribution in [0.25, 0.3) is 6.08 Å². The molecule has 1 fully saturated rings. The molecule has 1 saturated heterocycles. The second-order valence-electron chi connectivity index (χ2n) is 5.26. The first-order valence-corrected chi connectivity index (χ1v) is 8.33. The lowest BCUT2D eigenvalue weighted by Crippen LogP contribution is -2.27. The van der Waals surface area contributed by atoms with Crippen LogP contribution in [0.15, 0.2) is 63.6 Å². The van der Waals surface area contributed by atoms with Gasteiger partial charge in [0.05, 0.1) is 16.9 Å². The van der Waals surface area contributed by atoms with Crippen LogP contribution in [0.5, 0.6) is 0 Å². The van der Waals surface area contributed by atoms with E-state index < -0.39 is 0 Å². The molecule has 1 aromatic heterocycles. The fraction of sp³-hybridized carbons (Fsp3) is 0.111. The molecule has 1 amide bonds. The average Bonchev–Trinajstić information content (AvgIpc) is 3.08. The Morgan fingerprint density at radius 1 is 1.30 bits per heavy atom. The van der Waals surface area contributed by atoms with Gasteiger partial charge in [0.2, 0.25) is 0 Å². The minimum atomic E-state index is -0.0854. The third-order valence-electron chi connectivity index (χ3n) is 3.33. The van der Waals surface area contributed by atoms with Crippen LogP contribution in [0.3, 0.4) is 0 Å². The molecule has 0 unspecified atom stereocenters. The van der Waals surface area contributed by atoms with Crippen molar-refractivity contribution in [2.24, 2.45) is 0 Å². The molecule has 0 radical (unpaired) electrons. The van der Waals surface area contributed by atoms with E-state index in [-0.39, 0.29) is 5.91 Å². The quantitative estimate of drug-likeness (QED) is 0.585. The molecule has 5 heteroatoms. The predicted octanol–water partition coefficient (Wildman–Crippen LogP) is 4.94. The van der Waals surface area contributed by atoms with E-state index in [9.17, 15) is 4.79 Å². The summed E-state index contributed by atoms with van der Waals surface area (Å²) in [6.45, 7) is 3.93. The predicted molar refractivity (Wildman–Crippen MR) is 99.3 cm³/mol. The first-order valence-electron chi connectivity index (χ1n) is 7.11. The molecule has 116 valence electrons. The number of benzene rings is 1. The molecule has 0 bridgehead atoms. The topological polar surface area (TPSA) is 33.5 Å². The maximum atomic E-state index is 12.7. The third kappa shape index (κ3) is 3.46. The van der Waals surface area contributed by atoms with Gasteiger partial charge in [-0.2, -0.15) is 0 Å². The molecular formula is C18H15NO2S2. The Labute approximate surface area is 144 Å². The van der Waals surface area contributed by atoms with Gasteiger partial charge in [-0.25, -0.2) is 0 Å². The molecule has 0 aliphatic carbocycles. The maximum Gasteiger partial charge on any atom is 0.270 e. The standard InChI is InChI=1S/C18H15NO2S2/c1-12-5-3-6-14(9-12)19-17(20)16(23-18(19)22)11-13(2)10-15-7-4-8-21-15/h3-11H,1-2H3/b13-10+,16-11+. The lowest BCUT2D eigenvalue weighted by Gasteiger charge is -2.14. The van der Waals surface area contributed by atoms with Crippen molar-refractivity contribution in [3.05, 3.63) is 70.5 Å². The van der Waals surface area contributed by atoms with E-state index in [0.717, 1.165) is 22.6 Å². The summed E-state index contributed by atoms with van der Waals surface area (Å²) in [4.78, 5) is 14.9. The summed E-state index contributed by atoms with van der Waals surface area (Å²) < 4.78 is 5.84. The van der Waals surface area contributed by atoms with Gasteiger partial charge in [0.1, 0.15) is 5.76 Å². The zero-order valence-corrected chi connectivity index (χ0v) is 14.4. The van der Waals surface area contributed by atoms with Crippen molar-refractivity contribution in [1.29, 1.82) is 0 Å². The number of furan rings is 1. The Morgan fingerprint density at radius 2 is 2.13 bits per heavy atom. The summed E-state index contributed by atoms with van der Waals surface area (Å²) in [6.07, 6.45) is 5.35. The SMILES string of the molecule is CC(=C\c1ccco1)/C=C1/SC(=S)N(c2cccc(C)c2)C1=O. The highest BCUT2D eigenvalue weighted by Crippen LogP contribution is 2.35. The van der Waals surface area contributed by atoms with Gasteiger partial charge >= 0.3 is 0 Å². The summed E-state index contributed by atoms with van der Waals surface area (Å²) >= 11 is 6.70. The average molecular weight is 341 g/mol. The van der Waals surface area contributed by atoms with Crippen LogP contribution >= 0.6 is 24.0 Å². The van der Waals surface area contributed by atoms with E-state index in [1.165, 1.54) is 11.8 Å². The number of carbonyl (C=O) groups excluding carboxylic acids is 1. The van der Waals surface area contributed by atoms with E-state index in [2.05, 4.69) is 0 Å². The van der Waals surface area contributed by atoms with Crippen molar-refractivity contribution in [2.45, 2.75) is 13.8 Å². The maximum absolute atomic E-state index is 12.7. The van der Waals surface area contributed by atoms with E-state index in [4.69, 9.17) is 16.6 Å². The first-order chi connectivity index (χ1) is 11.0. The normalized spacial score (nSPS) is 17.4. The number of aryl methyl sites for hydroxylation is 1. The zero-order chi connectivity index (χ0) is 16.4. The summed E-state index contributed by atoms with van der Waals surface area (Å²) in [5.74, 6) is 0.672. The van der Waals surface area contributed by atoms with Crippen molar-refractivity contribution >= 4 is 46.0 Å². The number of hydrogen-bond acceptors (Lipinski definition) is 4. The number of nitrogens with zero attached hydrogens (tertiary/aromatic N) is 1. The molecular weight excluding hydrogens is 326 g/mol. The number of allylic oxidation sites excluding steroid dienone is 2. The number of amides is 1. The van der Waals surface area contributed by atoms with Crippen LogP contribution in [-0.2, 0) is 4.79 Å². The molecule has 0 saturated carbocycles. The number of thiocarbonyl (C=S) groups is 1. The van der Waals surface area contributed by atoms with Gasteiger partial charge in [0.15, 0.2) is 4.32 Å². The van der Waals surface area contributed by atoms with Gasteiger partial charge in [-0.15, -0.1) is 0 Å². The lowest BCUT2D eigenvalue weighted by atomic mass is 10.2. The summed E-state index contributed by atoms with van der Waals surface area (Å²) in [6, 6.07) is 11.5. The highest BCUT2D eigenvalue weighted by molar-refractivity contribution is 8.27. The van der Waals surface area contributed by atoms with Gasteiger partial charge < -0.3 is 4.42 Å². The van der Waals surface area contributed by atoms with Gasteiger partial charge in [-0.3, -0.25) is 9.69 Å². The number of thioether (sulfide) groups is 1. The van der Waals surface area contributed by atoms with Crippen LogP contribution in [0, 0.1) is 6.92 Å². The molecule has 0 spiro atoms. The Morgan fingerprint density at radius 3 is 2.83 bits per heavy atom. The van der Waals surface area contributed by atoms with Crippen LogP contribution in [0.2, 0.25) is 0 Å². The van der Waals surface area contributed by atoms with Gasteiger partial charge in [0.25, 0.3) is 5.91 Å². The smallest absolute Gasteiger partial charge is 0.270 e. The van der Waals surface area contributed by atoms with Gasteiger partial charge in [-0.1, -0.05) is 36.1 Å². The lowest BCUT2D eigenvalue weighted by molar-refractivity contribution is -0.113. The van der Waals surface area contributed by atoms with Crippen LogP contribution in [0.4, 0.5) is 5.69 Å². The fourth-order valence-corrected chi connectivity index (χ4v) is 3.65. The van der Waals surface area contributed by atoms with E-state index in [0.29, 0.717) is 9.23 Å². The summed E-state index contributed by atoms with van der Waals surface area (Å²) in [7, 11) is 0. The van der Waals surface area contributed by atoms with Crippen molar-refractivity contribution in [3.8, 4) is 0 Å². The highest BCUT2D eigenvalue weighted by atomic mass is 32.2. The Balaban J connectivity index is 1.88. The van der Waals surface area contributed by atoms with Crippen molar-refractivity contribution < 1.29 is 9.21 Å². The second-order valence-corrected chi connectivity index (χ2v) is 6.94. The first kappa shape index (κ1) is 15.8. The van der Waals surface area contributed by atoms with Crippen molar-refractivity contribution in [3.63, 3.8) is 0 Å². The zero-order valence-electron chi connectivity index (χ0n) is 12.8. The molecule has 1 aliphatic rings. The Hall–Kier alpha value is -2.11. The highest BCUT2D eigenvalue weighted by Gasteiger charge is 2.33. The Bertz CT molecular complexity index is 819. The Kier molecular flexibility index (Phi) is 4.50. The molecule has 0 atom stereocenters. The largest absolute Gasteiger partial charge is 0.465 e. The van der Waals surface area contributed by atoms with Crippen molar-refractivity contribution in [2.75, 3.05) is 4.90 Å². The summed E-state index contributed by atoms with van der Waals surface area (Å²) in [5, 5.41) is 0. The summed E-state index contributed by atoms with van der Waals surface area (Å²) in [5.41, 5.74) is 2.84. The van der Waals surface area contributed by atoms with Crippen LogP contribution in [-0.4, -0.2) is 10.2 Å². The molecule has 3 rings (SSSR count). The number of hydrogen-bond donors (Lipinski definition) is 0. The van der Waals surface area contributed by atoms with E-state index >= 15 is 0 Å². The van der Waals surface area contributed by atoms with E-state index in [1.807, 2.05) is 62.4 Å². The monoisotopic (exact) mass is 341 g/mol. The number of anilines is 1. The molecule has 1 aromatic carbocycles. The molecule has 0 N–H and O–H groups in total. The van der Waals surface area contributed by atoms with Crippen LogP contribution in [0.1, 0.15) is 18.2 Å². The molecule has 3 nitrogen and oxygen atoms in total.